The minimum atomic E-state index is -0.559. The molecule has 0 aliphatic carbocycles. The molecular weight excluding hydrogens is 438 g/mol. The fourth-order valence-corrected chi connectivity index (χ4v) is 3.85. The van der Waals surface area contributed by atoms with Gasteiger partial charge in [-0.15, -0.1) is 5.10 Å². The minimum absolute atomic E-state index is 0.483. The number of para-hydroxylation sites is 2. The molecule has 1 aliphatic rings. The monoisotopic (exact) mass is 463 g/mol. The number of ether oxygens (including phenoxy) is 2. The molecule has 1 atom stereocenters. The van der Waals surface area contributed by atoms with Gasteiger partial charge in [-0.3, -0.25) is 4.98 Å². The van der Waals surface area contributed by atoms with E-state index in [2.05, 4.69) is 16.0 Å². The van der Waals surface area contributed by atoms with Crippen LogP contribution in [0.1, 0.15) is 29.8 Å². The van der Waals surface area contributed by atoms with Crippen LogP contribution >= 0.6 is 11.6 Å². The van der Waals surface area contributed by atoms with Crippen molar-refractivity contribution in [3.8, 4) is 5.75 Å². The lowest BCUT2D eigenvalue weighted by Gasteiger charge is -2.25. The summed E-state index contributed by atoms with van der Waals surface area (Å²) in [5.74, 6) is 1.88. The first-order valence-corrected chi connectivity index (χ1v) is 10.9. The molecule has 2 aromatic carbocycles. The number of benzene rings is 2. The van der Waals surface area contributed by atoms with Gasteiger partial charge in [0.15, 0.2) is 0 Å². The lowest BCUT2D eigenvalue weighted by atomic mass is 10.1. The molecule has 3 aromatic rings. The number of amidine groups is 1. The Morgan fingerprint density at radius 1 is 1.12 bits per heavy atom. The fraction of sp³-hybridized carbons (Fsp3) is 0.240. The number of hydrazone groups is 1. The summed E-state index contributed by atoms with van der Waals surface area (Å²) in [6.45, 7) is 2.61. The van der Waals surface area contributed by atoms with E-state index in [9.17, 15) is 0 Å². The second kappa shape index (κ2) is 10.0. The number of rotatable bonds is 6. The van der Waals surface area contributed by atoms with Crippen LogP contribution in [0.4, 0.5) is 5.69 Å². The summed E-state index contributed by atoms with van der Waals surface area (Å²) < 4.78 is 12.2. The Morgan fingerprint density at radius 3 is 2.58 bits per heavy atom. The van der Waals surface area contributed by atoms with Gasteiger partial charge in [-0.1, -0.05) is 35.9 Å². The fourth-order valence-electron chi connectivity index (χ4n) is 3.67. The highest BCUT2D eigenvalue weighted by molar-refractivity contribution is 6.33. The highest BCUT2D eigenvalue weighted by atomic mass is 35.5. The van der Waals surface area contributed by atoms with Crippen molar-refractivity contribution in [3.05, 3.63) is 88.7 Å². The third kappa shape index (κ3) is 4.99. The van der Waals surface area contributed by atoms with Gasteiger partial charge in [0.05, 0.1) is 23.4 Å². The molecule has 0 saturated heterocycles. The van der Waals surface area contributed by atoms with E-state index in [1.807, 2.05) is 69.6 Å². The second-order valence-corrected chi connectivity index (χ2v) is 8.25. The number of halogens is 1. The van der Waals surface area contributed by atoms with Gasteiger partial charge in [-0.2, -0.15) is 0 Å². The van der Waals surface area contributed by atoms with Crippen LogP contribution in [0.25, 0.3) is 0 Å². The third-order valence-corrected chi connectivity index (χ3v) is 5.44. The van der Waals surface area contributed by atoms with E-state index >= 15 is 0 Å². The molecule has 0 saturated carbocycles. The van der Waals surface area contributed by atoms with Crippen LogP contribution in [0, 0.1) is 0 Å². The van der Waals surface area contributed by atoms with Crippen LogP contribution < -0.4 is 4.74 Å². The van der Waals surface area contributed by atoms with Crippen molar-refractivity contribution in [2.24, 2.45) is 10.1 Å². The van der Waals surface area contributed by atoms with Gasteiger partial charge >= 0.3 is 0 Å². The minimum Gasteiger partial charge on any atom is -0.496 e. The number of methoxy groups -OCH3 is 1. The Hall–Kier alpha value is -3.42. The average Bonchev–Trinajstić information content (AvgIpc) is 3.26. The van der Waals surface area contributed by atoms with Crippen molar-refractivity contribution in [1.29, 1.82) is 0 Å². The van der Waals surface area contributed by atoms with E-state index < -0.39 is 6.23 Å². The summed E-state index contributed by atoms with van der Waals surface area (Å²) in [5.41, 5.74) is 3.41. The smallest absolute Gasteiger partial charge is 0.241 e. The molecule has 4 rings (SSSR count). The molecule has 0 bridgehead atoms. The summed E-state index contributed by atoms with van der Waals surface area (Å²) >= 11 is 6.35. The standard InChI is InChI=1S/C25H26ClN5O2/c1-17(28-22-11-6-5-10-21(22)26)31-25(33-24(29-31)18-12-14-27-15-13-18)20-9-7-8-19(16-30(2)3)23(20)32-4/h5-15,25H,16H2,1-4H3. The zero-order chi connectivity index (χ0) is 23.4. The number of aliphatic imine (C=N–C) groups is 1. The Kier molecular flexibility index (Phi) is 6.91. The molecule has 0 N–H and O–H groups in total. The number of nitrogens with zero attached hydrogens (tertiary/aromatic N) is 5. The number of aromatic nitrogens is 1. The van der Waals surface area contributed by atoms with Crippen LogP contribution in [0.3, 0.4) is 0 Å². The van der Waals surface area contributed by atoms with Gasteiger partial charge in [0.25, 0.3) is 0 Å². The maximum atomic E-state index is 6.38. The lowest BCUT2D eigenvalue weighted by Crippen LogP contribution is -2.26. The third-order valence-electron chi connectivity index (χ3n) is 5.12. The second-order valence-electron chi connectivity index (χ2n) is 7.84. The van der Waals surface area contributed by atoms with Gasteiger partial charge < -0.3 is 14.4 Å². The van der Waals surface area contributed by atoms with Gasteiger partial charge in [0, 0.05) is 30.1 Å². The molecule has 8 heteroatoms. The SMILES string of the molecule is COc1c(CN(C)C)cccc1C1OC(c2ccncc2)=NN1C(C)=Nc1ccccc1Cl. The van der Waals surface area contributed by atoms with Gasteiger partial charge in [0.2, 0.25) is 12.1 Å². The summed E-state index contributed by atoms with van der Waals surface area (Å²) in [6.07, 6.45) is 2.86. The van der Waals surface area contributed by atoms with Crippen molar-refractivity contribution < 1.29 is 9.47 Å². The first-order valence-electron chi connectivity index (χ1n) is 10.5. The topological polar surface area (TPSA) is 62.6 Å². The largest absolute Gasteiger partial charge is 0.496 e. The number of hydrogen-bond donors (Lipinski definition) is 0. The zero-order valence-electron chi connectivity index (χ0n) is 19.1. The predicted octanol–water partition coefficient (Wildman–Crippen LogP) is 5.25. The maximum Gasteiger partial charge on any atom is 0.241 e. The molecule has 0 fully saturated rings. The van der Waals surface area contributed by atoms with Crippen molar-refractivity contribution in [1.82, 2.24) is 14.9 Å². The molecular formula is C25H26ClN5O2. The Bertz CT molecular complexity index is 1180. The van der Waals surface area contributed by atoms with Gasteiger partial charge in [0.1, 0.15) is 11.6 Å². The zero-order valence-corrected chi connectivity index (χ0v) is 19.8. The van der Waals surface area contributed by atoms with Crippen molar-refractivity contribution in [3.63, 3.8) is 0 Å². The van der Waals surface area contributed by atoms with Crippen LogP contribution in [-0.4, -0.2) is 47.8 Å². The van der Waals surface area contributed by atoms with Gasteiger partial charge in [-0.25, -0.2) is 10.0 Å². The average molecular weight is 464 g/mol. The molecule has 7 nitrogen and oxygen atoms in total. The Labute approximate surface area is 198 Å². The van der Waals surface area contributed by atoms with E-state index in [-0.39, 0.29) is 0 Å². The molecule has 33 heavy (non-hydrogen) atoms. The Balaban J connectivity index is 1.79. The van der Waals surface area contributed by atoms with Crippen LogP contribution in [-0.2, 0) is 11.3 Å². The predicted molar refractivity (Wildman–Crippen MR) is 131 cm³/mol. The van der Waals surface area contributed by atoms with Gasteiger partial charge in [-0.05, 0) is 51.4 Å². The molecule has 1 unspecified atom stereocenters. The normalized spacial score (nSPS) is 16.1. The molecule has 0 spiro atoms. The first kappa shape index (κ1) is 22.8. The summed E-state index contributed by atoms with van der Waals surface area (Å²) in [4.78, 5) is 10.9. The molecule has 1 aliphatic heterocycles. The highest BCUT2D eigenvalue weighted by Gasteiger charge is 2.35. The Morgan fingerprint density at radius 2 is 1.88 bits per heavy atom. The van der Waals surface area contributed by atoms with Crippen LogP contribution in [0.2, 0.25) is 5.02 Å². The van der Waals surface area contributed by atoms with Crippen molar-refractivity contribution in [2.45, 2.75) is 19.7 Å². The van der Waals surface area contributed by atoms with Crippen LogP contribution in [0.15, 0.2) is 77.1 Å². The summed E-state index contributed by atoms with van der Waals surface area (Å²) in [7, 11) is 5.72. The molecule has 0 amide bonds. The van der Waals surface area contributed by atoms with E-state index in [0.29, 0.717) is 22.4 Å². The quantitative estimate of drug-likeness (QED) is 0.369. The molecule has 0 radical (unpaired) electrons. The summed E-state index contributed by atoms with van der Waals surface area (Å²) in [6, 6.07) is 17.2. The van der Waals surface area contributed by atoms with E-state index in [1.54, 1.807) is 24.5 Å². The van der Waals surface area contributed by atoms with E-state index in [4.69, 9.17) is 31.2 Å². The van der Waals surface area contributed by atoms with Crippen molar-refractivity contribution in [2.75, 3.05) is 21.2 Å². The van der Waals surface area contributed by atoms with Crippen molar-refractivity contribution >= 4 is 29.0 Å². The van der Waals surface area contributed by atoms with E-state index in [1.165, 1.54) is 0 Å². The summed E-state index contributed by atoms with van der Waals surface area (Å²) in [5, 5.41) is 7.10. The molecule has 2 heterocycles. The molecule has 170 valence electrons. The van der Waals surface area contributed by atoms with Crippen LogP contribution in [0.5, 0.6) is 5.75 Å². The number of hydrogen-bond acceptors (Lipinski definition) is 6. The lowest BCUT2D eigenvalue weighted by molar-refractivity contribution is 0.107. The number of pyridine rings is 1. The maximum absolute atomic E-state index is 6.38. The molecule has 1 aromatic heterocycles. The first-order chi connectivity index (χ1) is 16.0. The van der Waals surface area contributed by atoms with E-state index in [0.717, 1.165) is 29.0 Å². The highest BCUT2D eigenvalue weighted by Crippen LogP contribution is 2.38.